The lowest BCUT2D eigenvalue weighted by Crippen LogP contribution is -2.60. The van der Waals surface area contributed by atoms with Gasteiger partial charge in [-0.15, -0.1) is 5.10 Å². The van der Waals surface area contributed by atoms with Crippen molar-refractivity contribution in [2.75, 3.05) is 19.6 Å². The number of piperidine rings is 3. The molecule has 25 heavy (non-hydrogen) atoms. The predicted molar refractivity (Wildman–Crippen MR) is 96.7 cm³/mol. The number of hydrogen-bond acceptors (Lipinski definition) is 5. The summed E-state index contributed by atoms with van der Waals surface area (Å²) in [7, 11) is 0. The average Bonchev–Trinajstić information content (AvgIpc) is 3.28. The van der Waals surface area contributed by atoms with Gasteiger partial charge in [0.2, 0.25) is 0 Å². The molecule has 2 bridgehead atoms. The zero-order chi connectivity index (χ0) is 17.0. The number of carbonyl (C=O) groups is 1. The number of carbonyl (C=O) groups excluding carboxylic acids is 1. The second kappa shape index (κ2) is 5.88. The normalized spacial score (nSPS) is 33.5. The fourth-order valence-electron chi connectivity index (χ4n) is 5.21. The molecule has 6 heteroatoms. The van der Waals surface area contributed by atoms with Gasteiger partial charge < -0.3 is 4.90 Å². The van der Waals surface area contributed by atoms with Crippen LogP contribution >= 0.6 is 11.5 Å². The molecule has 0 radical (unpaired) electrons. The highest BCUT2D eigenvalue weighted by Crippen LogP contribution is 2.47. The molecule has 5 nitrogen and oxygen atoms in total. The first kappa shape index (κ1) is 15.5. The minimum atomic E-state index is 0.134. The first-order valence-corrected chi connectivity index (χ1v) is 9.90. The molecule has 0 saturated carbocycles. The first-order valence-electron chi connectivity index (χ1n) is 9.13. The number of rotatable bonds is 2. The average molecular weight is 354 g/mol. The molecule has 4 saturated heterocycles. The van der Waals surface area contributed by atoms with Gasteiger partial charge >= 0.3 is 0 Å². The summed E-state index contributed by atoms with van der Waals surface area (Å²) >= 11 is 1.24. The van der Waals surface area contributed by atoms with E-state index in [1.807, 2.05) is 6.92 Å². The van der Waals surface area contributed by atoms with Crippen molar-refractivity contribution < 1.29 is 4.79 Å². The lowest BCUT2D eigenvalue weighted by molar-refractivity contribution is -0.00328. The lowest BCUT2D eigenvalue weighted by Gasteiger charge is -2.51. The van der Waals surface area contributed by atoms with Crippen LogP contribution in [0.1, 0.15) is 39.7 Å². The highest BCUT2D eigenvalue weighted by atomic mass is 32.1. The number of aromatic nitrogens is 2. The van der Waals surface area contributed by atoms with E-state index in [2.05, 4.69) is 49.7 Å². The van der Waals surface area contributed by atoms with Crippen LogP contribution in [-0.4, -0.2) is 57.0 Å². The van der Waals surface area contributed by atoms with E-state index in [1.54, 1.807) is 0 Å². The van der Waals surface area contributed by atoms with Gasteiger partial charge in [-0.1, -0.05) is 34.8 Å². The number of hydrogen-bond donors (Lipinski definition) is 0. The van der Waals surface area contributed by atoms with E-state index >= 15 is 0 Å². The SMILES string of the molecule is Cc1nnsc1C(=O)N1C[C@H](c2ccccc2)[C@H]2[C@@H]1C1CCN2CC1. The number of fused-ring (bicyclic) bond motifs is 2. The fourth-order valence-corrected chi connectivity index (χ4v) is 5.82. The van der Waals surface area contributed by atoms with Gasteiger partial charge in [-0.3, -0.25) is 9.69 Å². The molecule has 2 aromatic rings. The largest absolute Gasteiger partial charge is 0.332 e. The summed E-state index contributed by atoms with van der Waals surface area (Å²) in [5.74, 6) is 1.17. The van der Waals surface area contributed by atoms with Gasteiger partial charge in [-0.25, -0.2) is 0 Å². The monoisotopic (exact) mass is 354 g/mol. The van der Waals surface area contributed by atoms with Crippen molar-refractivity contribution in [2.24, 2.45) is 5.92 Å². The third-order valence-corrected chi connectivity index (χ3v) is 7.14. The van der Waals surface area contributed by atoms with E-state index in [4.69, 9.17) is 0 Å². The quantitative estimate of drug-likeness (QED) is 0.832. The molecule has 6 rings (SSSR count). The molecule has 0 spiro atoms. The molecule has 4 aliphatic rings. The molecule has 0 N–H and O–H groups in total. The van der Waals surface area contributed by atoms with Crippen molar-refractivity contribution >= 4 is 17.4 Å². The second-order valence-corrected chi connectivity index (χ2v) is 8.27. The Kier molecular flexibility index (Phi) is 3.64. The fraction of sp³-hybridized carbons (Fsp3) is 0.526. The van der Waals surface area contributed by atoms with E-state index in [0.29, 0.717) is 28.8 Å². The van der Waals surface area contributed by atoms with Crippen LogP contribution in [-0.2, 0) is 0 Å². The van der Waals surface area contributed by atoms with Crippen molar-refractivity contribution in [1.82, 2.24) is 19.4 Å². The molecule has 1 aromatic carbocycles. The summed E-state index contributed by atoms with van der Waals surface area (Å²) in [6, 6.07) is 11.5. The number of nitrogens with zero attached hydrogens (tertiary/aromatic N) is 4. The second-order valence-electron chi connectivity index (χ2n) is 7.52. The Morgan fingerprint density at radius 2 is 1.92 bits per heavy atom. The summed E-state index contributed by atoms with van der Waals surface area (Å²) in [4.78, 5) is 18.8. The topological polar surface area (TPSA) is 49.3 Å². The molecule has 1 amide bonds. The van der Waals surface area contributed by atoms with Gasteiger partial charge in [-0.05, 0) is 55.9 Å². The Morgan fingerprint density at radius 1 is 1.16 bits per heavy atom. The van der Waals surface area contributed by atoms with E-state index < -0.39 is 0 Å². The minimum Gasteiger partial charge on any atom is -0.332 e. The third-order valence-electron chi connectivity index (χ3n) is 6.33. The van der Waals surface area contributed by atoms with Crippen molar-refractivity contribution in [3.05, 3.63) is 46.5 Å². The zero-order valence-electron chi connectivity index (χ0n) is 14.3. The maximum atomic E-state index is 13.3. The van der Waals surface area contributed by atoms with Gasteiger partial charge in [0.1, 0.15) is 4.88 Å². The number of amides is 1. The van der Waals surface area contributed by atoms with Crippen LogP contribution in [0.5, 0.6) is 0 Å². The van der Waals surface area contributed by atoms with Crippen LogP contribution in [0.25, 0.3) is 0 Å². The van der Waals surface area contributed by atoms with Crippen molar-refractivity contribution in [3.63, 3.8) is 0 Å². The molecule has 1 aromatic heterocycles. The summed E-state index contributed by atoms with van der Waals surface area (Å²) in [6.07, 6.45) is 2.43. The highest BCUT2D eigenvalue weighted by molar-refractivity contribution is 7.07. The van der Waals surface area contributed by atoms with Crippen LogP contribution in [0.2, 0.25) is 0 Å². The van der Waals surface area contributed by atoms with Crippen molar-refractivity contribution in [3.8, 4) is 0 Å². The molecular weight excluding hydrogens is 332 g/mol. The third kappa shape index (κ3) is 2.34. The Morgan fingerprint density at radius 3 is 2.60 bits per heavy atom. The van der Waals surface area contributed by atoms with E-state index in [9.17, 15) is 4.79 Å². The standard InChI is InChI=1S/C19H22N4OS/c1-12-18(25-21-20-12)19(24)23-11-15(13-5-3-2-4-6-13)17-16(23)14-7-9-22(17)10-8-14/h2-6,14-17H,7-11H2,1H3/t15-,16+,17+/m1/s1. The number of likely N-dealkylation sites (tertiary alicyclic amines) is 1. The predicted octanol–water partition coefficient (Wildman–Crippen LogP) is 2.55. The summed E-state index contributed by atoms with van der Waals surface area (Å²) in [6.45, 7) is 5.05. The van der Waals surface area contributed by atoms with Crippen LogP contribution in [0.4, 0.5) is 0 Å². The van der Waals surface area contributed by atoms with Crippen LogP contribution in [0.15, 0.2) is 30.3 Å². The van der Waals surface area contributed by atoms with Crippen LogP contribution in [0, 0.1) is 12.8 Å². The number of benzene rings is 1. The van der Waals surface area contributed by atoms with Gasteiger partial charge in [0.25, 0.3) is 5.91 Å². The Balaban J connectivity index is 1.54. The van der Waals surface area contributed by atoms with E-state index in [1.165, 1.54) is 43.0 Å². The molecular formula is C19H22N4OS. The van der Waals surface area contributed by atoms with E-state index in [0.717, 1.165) is 12.2 Å². The molecule has 0 unspecified atom stereocenters. The molecule has 5 heterocycles. The molecule has 3 atom stereocenters. The van der Waals surface area contributed by atoms with Crippen LogP contribution < -0.4 is 0 Å². The minimum absolute atomic E-state index is 0.134. The van der Waals surface area contributed by atoms with Crippen molar-refractivity contribution in [1.29, 1.82) is 0 Å². The van der Waals surface area contributed by atoms with Crippen LogP contribution in [0.3, 0.4) is 0 Å². The van der Waals surface area contributed by atoms with Gasteiger partial charge in [0.15, 0.2) is 0 Å². The maximum Gasteiger partial charge on any atom is 0.267 e. The Labute approximate surface area is 151 Å². The van der Waals surface area contributed by atoms with Gasteiger partial charge in [-0.2, -0.15) is 0 Å². The molecule has 0 aliphatic carbocycles. The summed E-state index contributed by atoms with van der Waals surface area (Å²) in [5, 5.41) is 4.05. The van der Waals surface area contributed by atoms with Gasteiger partial charge in [0, 0.05) is 18.5 Å². The molecule has 4 fully saturated rings. The smallest absolute Gasteiger partial charge is 0.267 e. The summed E-state index contributed by atoms with van der Waals surface area (Å²) < 4.78 is 3.98. The Bertz CT molecular complexity index is 784. The first-order chi connectivity index (χ1) is 12.2. The number of aryl methyl sites for hydroxylation is 1. The zero-order valence-corrected chi connectivity index (χ0v) is 15.2. The molecule has 130 valence electrons. The molecule has 4 aliphatic heterocycles. The maximum absolute atomic E-state index is 13.3. The van der Waals surface area contributed by atoms with Gasteiger partial charge in [0.05, 0.1) is 11.7 Å². The Hall–Kier alpha value is -1.79. The highest BCUT2D eigenvalue weighted by Gasteiger charge is 2.54. The summed E-state index contributed by atoms with van der Waals surface area (Å²) in [5.41, 5.74) is 2.12. The van der Waals surface area contributed by atoms with E-state index in [-0.39, 0.29) is 5.91 Å². The van der Waals surface area contributed by atoms with Crippen molar-refractivity contribution in [2.45, 2.75) is 37.8 Å². The lowest BCUT2D eigenvalue weighted by atomic mass is 9.75.